The molecule has 1 aromatic carbocycles. The zero-order valence-corrected chi connectivity index (χ0v) is 19.2. The van der Waals surface area contributed by atoms with Crippen molar-refractivity contribution in [2.75, 3.05) is 5.32 Å². The number of hydrogen-bond donors (Lipinski definition) is 1. The summed E-state index contributed by atoms with van der Waals surface area (Å²) in [4.78, 5) is 26.3. The van der Waals surface area contributed by atoms with E-state index in [1.165, 1.54) is 40.5 Å². The van der Waals surface area contributed by atoms with Gasteiger partial charge in [0.1, 0.15) is 6.54 Å². The van der Waals surface area contributed by atoms with Gasteiger partial charge in [-0.05, 0) is 36.8 Å². The van der Waals surface area contributed by atoms with Gasteiger partial charge in [0.25, 0.3) is 0 Å². The van der Waals surface area contributed by atoms with Gasteiger partial charge in [0.05, 0.1) is 16.3 Å². The van der Waals surface area contributed by atoms with Crippen LogP contribution in [0, 0.1) is 11.8 Å². The molecule has 0 saturated heterocycles. The highest BCUT2D eigenvalue weighted by molar-refractivity contribution is 8.00. The van der Waals surface area contributed by atoms with Crippen LogP contribution < -0.4 is 10.2 Å². The van der Waals surface area contributed by atoms with E-state index >= 15 is 0 Å². The first-order valence-corrected chi connectivity index (χ1v) is 12.0. The second kappa shape index (κ2) is 7.99. The van der Waals surface area contributed by atoms with Gasteiger partial charge < -0.3 is 5.32 Å². The molecule has 0 spiro atoms. The molecule has 1 saturated carbocycles. The average molecular weight is 471 g/mol. The highest BCUT2D eigenvalue weighted by Crippen LogP contribution is 2.58. The number of rotatable bonds is 3. The minimum Gasteiger partial charge on any atom is -0.324 e. The van der Waals surface area contributed by atoms with E-state index in [9.17, 15) is 22.8 Å². The van der Waals surface area contributed by atoms with Crippen LogP contribution in [-0.4, -0.2) is 15.2 Å². The molecule has 0 bridgehead atoms. The van der Waals surface area contributed by atoms with E-state index in [1.54, 1.807) is 11.8 Å². The van der Waals surface area contributed by atoms with Crippen LogP contribution in [0.15, 0.2) is 34.1 Å². The maximum atomic E-state index is 13.2. The van der Waals surface area contributed by atoms with Crippen LogP contribution in [0.5, 0.6) is 0 Å². The molecular weight excluding hydrogens is 445 g/mol. The second-order valence-corrected chi connectivity index (χ2v) is 11.7. The largest absolute Gasteiger partial charge is 0.418 e. The van der Waals surface area contributed by atoms with Crippen molar-refractivity contribution in [3.8, 4) is 0 Å². The SMILES string of the molecule is C[C@@H]1CC[C@@H]2[C@@H](C1)c1sc(=O)n(CC(=O)Nc3ccccc3C(F)(F)F)c1SC2(C)C. The number of alkyl halides is 3. The molecular formula is C22H25F3N2O2S2. The topological polar surface area (TPSA) is 51.1 Å². The average Bonchev–Trinajstić information content (AvgIpc) is 2.96. The molecule has 0 unspecified atom stereocenters. The fourth-order valence-electron chi connectivity index (χ4n) is 4.89. The molecule has 1 aliphatic heterocycles. The third kappa shape index (κ3) is 4.31. The molecule has 9 heteroatoms. The van der Waals surface area contributed by atoms with Gasteiger partial charge in [-0.25, -0.2) is 0 Å². The standard InChI is InChI=1S/C22H25F3N2O2S2/c1-12-8-9-14-13(10-12)18-19(31-21(14,2)3)27(20(29)30-18)11-17(28)26-16-7-5-4-6-15(16)22(23,24)25/h4-7,12-14H,8-11H2,1-3H3,(H,26,28)/t12-,13-,14-/m1/s1. The lowest BCUT2D eigenvalue weighted by atomic mass is 9.69. The van der Waals surface area contributed by atoms with E-state index in [-0.39, 0.29) is 21.9 Å². The highest BCUT2D eigenvalue weighted by Gasteiger charge is 2.47. The Kier molecular flexibility index (Phi) is 5.79. The number of nitrogens with one attached hydrogen (secondary N) is 1. The first kappa shape index (κ1) is 22.5. The van der Waals surface area contributed by atoms with E-state index in [0.717, 1.165) is 28.8 Å². The number of benzene rings is 1. The molecule has 2 aliphatic rings. The molecule has 1 aliphatic carbocycles. The molecule has 1 fully saturated rings. The molecule has 31 heavy (non-hydrogen) atoms. The van der Waals surface area contributed by atoms with Gasteiger partial charge in [0.2, 0.25) is 5.91 Å². The number of hydrogen-bond acceptors (Lipinski definition) is 4. The van der Waals surface area contributed by atoms with Crippen molar-refractivity contribution >= 4 is 34.7 Å². The summed E-state index contributed by atoms with van der Waals surface area (Å²) in [5.41, 5.74) is -1.20. The molecule has 4 nitrogen and oxygen atoms in total. The van der Waals surface area contributed by atoms with Crippen molar-refractivity contribution in [3.05, 3.63) is 44.4 Å². The number of nitrogens with zero attached hydrogens (tertiary/aromatic N) is 1. The van der Waals surface area contributed by atoms with Crippen LogP contribution in [0.3, 0.4) is 0 Å². The molecule has 3 atom stereocenters. The van der Waals surface area contributed by atoms with Crippen molar-refractivity contribution in [2.45, 2.75) is 68.4 Å². The van der Waals surface area contributed by atoms with E-state index in [0.29, 0.717) is 17.8 Å². The summed E-state index contributed by atoms with van der Waals surface area (Å²) in [7, 11) is 0. The van der Waals surface area contributed by atoms with E-state index in [2.05, 4.69) is 26.1 Å². The fourth-order valence-corrected chi connectivity index (χ4v) is 7.70. The van der Waals surface area contributed by atoms with Crippen molar-refractivity contribution < 1.29 is 18.0 Å². The number of carbonyl (C=O) groups excluding carboxylic acids is 1. The Morgan fingerprint density at radius 3 is 2.68 bits per heavy atom. The van der Waals surface area contributed by atoms with E-state index < -0.39 is 17.6 Å². The smallest absolute Gasteiger partial charge is 0.324 e. The Labute approximate surface area is 187 Å². The number of aromatic nitrogens is 1. The minimum atomic E-state index is -4.57. The molecule has 1 aromatic heterocycles. The Bertz CT molecular complexity index is 1060. The van der Waals surface area contributed by atoms with Crippen LogP contribution in [0.25, 0.3) is 0 Å². The third-order valence-electron chi connectivity index (χ3n) is 6.38. The summed E-state index contributed by atoms with van der Waals surface area (Å²) in [6.45, 7) is 6.30. The summed E-state index contributed by atoms with van der Waals surface area (Å²) >= 11 is 2.81. The summed E-state index contributed by atoms with van der Waals surface area (Å²) in [6.07, 6.45) is -1.26. The molecule has 4 rings (SSSR count). The van der Waals surface area contributed by atoms with Crippen LogP contribution in [0.2, 0.25) is 0 Å². The zero-order valence-electron chi connectivity index (χ0n) is 17.6. The Hall–Kier alpha value is -1.74. The summed E-state index contributed by atoms with van der Waals surface area (Å²) in [5.74, 6) is 0.709. The Balaban J connectivity index is 1.62. The van der Waals surface area contributed by atoms with Gasteiger partial charge >= 0.3 is 11.0 Å². The summed E-state index contributed by atoms with van der Waals surface area (Å²) < 4.78 is 41.1. The van der Waals surface area contributed by atoms with Gasteiger partial charge in [-0.3, -0.25) is 14.2 Å². The van der Waals surface area contributed by atoms with Crippen molar-refractivity contribution in [3.63, 3.8) is 0 Å². The second-order valence-electron chi connectivity index (χ2n) is 9.05. The van der Waals surface area contributed by atoms with Gasteiger partial charge in [0, 0.05) is 15.5 Å². The van der Waals surface area contributed by atoms with Gasteiger partial charge in [-0.15, -0.1) is 11.8 Å². The van der Waals surface area contributed by atoms with E-state index in [1.807, 2.05) is 0 Å². The molecule has 1 amide bonds. The van der Waals surface area contributed by atoms with Crippen LogP contribution >= 0.6 is 23.1 Å². The molecule has 2 heterocycles. The minimum absolute atomic E-state index is 0.0770. The number of anilines is 1. The van der Waals surface area contributed by atoms with Crippen LogP contribution in [0.4, 0.5) is 18.9 Å². The monoisotopic (exact) mass is 470 g/mol. The molecule has 2 aromatic rings. The van der Waals surface area contributed by atoms with Gasteiger partial charge in [-0.1, -0.05) is 50.7 Å². The molecule has 1 N–H and O–H groups in total. The maximum Gasteiger partial charge on any atom is 0.418 e. The Morgan fingerprint density at radius 1 is 1.26 bits per heavy atom. The quantitative estimate of drug-likeness (QED) is 0.601. The fraction of sp³-hybridized carbons (Fsp3) is 0.545. The normalized spacial score (nSPS) is 24.9. The first-order valence-electron chi connectivity index (χ1n) is 10.4. The third-order valence-corrected chi connectivity index (χ3v) is 9.09. The molecule has 0 radical (unpaired) electrons. The van der Waals surface area contributed by atoms with Crippen molar-refractivity contribution in [1.29, 1.82) is 0 Å². The first-order chi connectivity index (χ1) is 14.5. The van der Waals surface area contributed by atoms with Gasteiger partial charge in [0.15, 0.2) is 0 Å². The number of thiazole rings is 1. The lowest BCUT2D eigenvalue weighted by Gasteiger charge is -2.47. The number of halogens is 3. The Morgan fingerprint density at radius 2 is 1.97 bits per heavy atom. The highest BCUT2D eigenvalue weighted by atomic mass is 32.2. The number of thioether (sulfide) groups is 1. The summed E-state index contributed by atoms with van der Waals surface area (Å²) in [6, 6.07) is 4.86. The van der Waals surface area contributed by atoms with Crippen LogP contribution in [-0.2, 0) is 17.5 Å². The number of para-hydroxylation sites is 1. The predicted molar refractivity (Wildman–Crippen MR) is 118 cm³/mol. The van der Waals surface area contributed by atoms with Crippen LogP contribution in [0.1, 0.15) is 56.4 Å². The van der Waals surface area contributed by atoms with Crippen molar-refractivity contribution in [2.24, 2.45) is 11.8 Å². The number of fused-ring (bicyclic) bond motifs is 3. The van der Waals surface area contributed by atoms with E-state index in [4.69, 9.17) is 0 Å². The zero-order chi connectivity index (χ0) is 22.6. The maximum absolute atomic E-state index is 13.2. The number of carbonyl (C=O) groups is 1. The van der Waals surface area contributed by atoms with Gasteiger partial charge in [-0.2, -0.15) is 13.2 Å². The predicted octanol–water partition coefficient (Wildman–Crippen LogP) is 5.97. The lowest BCUT2D eigenvalue weighted by molar-refractivity contribution is -0.137. The van der Waals surface area contributed by atoms with Crippen molar-refractivity contribution in [1.82, 2.24) is 4.57 Å². The molecule has 168 valence electrons. The lowest BCUT2D eigenvalue weighted by Crippen LogP contribution is -2.39. The summed E-state index contributed by atoms with van der Waals surface area (Å²) in [5, 5.41) is 3.15. The number of amides is 1.